The smallest absolute Gasteiger partial charge is 0.257 e. The molecule has 29 heavy (non-hydrogen) atoms. The van der Waals surface area contributed by atoms with Crippen molar-refractivity contribution in [3.63, 3.8) is 0 Å². The molecular formula is C22H22N4O2S. The third-order valence-corrected chi connectivity index (χ3v) is 6.11. The Balaban J connectivity index is 1.46. The van der Waals surface area contributed by atoms with Crippen LogP contribution in [-0.2, 0) is 11.2 Å². The van der Waals surface area contributed by atoms with Gasteiger partial charge in [0, 0.05) is 30.1 Å². The Bertz CT molecular complexity index is 1040. The summed E-state index contributed by atoms with van der Waals surface area (Å²) in [6.45, 7) is 4.64. The van der Waals surface area contributed by atoms with E-state index in [1.165, 1.54) is 11.3 Å². The molecule has 1 N–H and O–H groups in total. The van der Waals surface area contributed by atoms with Crippen LogP contribution in [0.25, 0.3) is 0 Å². The van der Waals surface area contributed by atoms with Crippen LogP contribution in [0.4, 0.5) is 10.8 Å². The van der Waals surface area contributed by atoms with Crippen LogP contribution < -0.4 is 10.2 Å². The largest absolute Gasteiger partial charge is 0.311 e. The third kappa shape index (κ3) is 4.05. The second-order valence-corrected chi connectivity index (χ2v) is 8.16. The molecule has 3 aromatic rings. The lowest BCUT2D eigenvalue weighted by atomic mass is 10.1. The first-order chi connectivity index (χ1) is 14.0. The van der Waals surface area contributed by atoms with Crippen molar-refractivity contribution in [2.45, 2.75) is 32.6 Å². The van der Waals surface area contributed by atoms with Crippen LogP contribution >= 0.6 is 11.3 Å². The summed E-state index contributed by atoms with van der Waals surface area (Å²) in [5, 5.41) is 12.4. The highest BCUT2D eigenvalue weighted by Gasteiger charge is 2.34. The first-order valence-electron chi connectivity index (χ1n) is 9.65. The van der Waals surface area contributed by atoms with Gasteiger partial charge < -0.3 is 4.90 Å². The molecule has 0 spiro atoms. The molecule has 0 aliphatic carbocycles. The van der Waals surface area contributed by atoms with E-state index in [9.17, 15) is 9.59 Å². The molecule has 2 aromatic carbocycles. The zero-order valence-electron chi connectivity index (χ0n) is 16.4. The number of aryl methyl sites for hydroxylation is 2. The normalized spacial score (nSPS) is 16.3. The fourth-order valence-corrected chi connectivity index (χ4v) is 4.33. The van der Waals surface area contributed by atoms with Crippen molar-refractivity contribution in [3.05, 3.63) is 70.2 Å². The van der Waals surface area contributed by atoms with E-state index in [1.54, 1.807) is 12.1 Å². The number of carbonyl (C=O) groups excluding carboxylic acids is 2. The number of hydrogen-bond donors (Lipinski definition) is 1. The summed E-state index contributed by atoms with van der Waals surface area (Å²) in [5.74, 6) is -0.139. The van der Waals surface area contributed by atoms with E-state index in [0.717, 1.165) is 28.2 Å². The summed E-state index contributed by atoms with van der Waals surface area (Å²) in [4.78, 5) is 26.9. The highest BCUT2D eigenvalue weighted by Crippen LogP contribution is 2.35. The van der Waals surface area contributed by atoms with Crippen LogP contribution in [0, 0.1) is 6.92 Å². The fraction of sp³-hybridized carbons (Fsp3) is 0.273. The first-order valence-corrected chi connectivity index (χ1v) is 10.5. The predicted octanol–water partition coefficient (Wildman–Crippen LogP) is 4.18. The van der Waals surface area contributed by atoms with Gasteiger partial charge in [-0.3, -0.25) is 14.9 Å². The molecule has 0 bridgehead atoms. The van der Waals surface area contributed by atoms with Crippen molar-refractivity contribution in [3.8, 4) is 0 Å². The maximum absolute atomic E-state index is 12.6. The topological polar surface area (TPSA) is 75.2 Å². The Morgan fingerprint density at radius 2 is 1.93 bits per heavy atom. The molecular weight excluding hydrogens is 384 g/mol. The molecule has 1 aromatic heterocycles. The van der Waals surface area contributed by atoms with E-state index in [1.807, 2.05) is 42.2 Å². The Kier molecular flexibility index (Phi) is 5.40. The minimum Gasteiger partial charge on any atom is -0.311 e. The fourth-order valence-electron chi connectivity index (χ4n) is 3.50. The Morgan fingerprint density at radius 1 is 1.17 bits per heavy atom. The summed E-state index contributed by atoms with van der Waals surface area (Å²) < 4.78 is 0. The molecule has 0 saturated carbocycles. The predicted molar refractivity (Wildman–Crippen MR) is 115 cm³/mol. The molecule has 4 rings (SSSR count). The zero-order chi connectivity index (χ0) is 20.4. The number of carbonyl (C=O) groups is 2. The van der Waals surface area contributed by atoms with Gasteiger partial charge in [0.05, 0.1) is 0 Å². The SMILES string of the molecule is CCc1ccccc1N1C[C@@H](c2nnc(NC(=O)c3ccc(C)cc3)s2)CC1=O. The Morgan fingerprint density at radius 3 is 2.69 bits per heavy atom. The number of amides is 2. The molecule has 0 radical (unpaired) electrons. The van der Waals surface area contributed by atoms with Gasteiger partial charge in [-0.25, -0.2) is 0 Å². The van der Waals surface area contributed by atoms with E-state index in [4.69, 9.17) is 0 Å². The number of benzene rings is 2. The van der Waals surface area contributed by atoms with Crippen LogP contribution in [-0.4, -0.2) is 28.6 Å². The second kappa shape index (κ2) is 8.13. The number of aromatic nitrogens is 2. The standard InChI is InChI=1S/C22H22N4O2S/c1-3-15-6-4-5-7-18(15)26-13-17(12-19(26)27)21-24-25-22(29-21)23-20(28)16-10-8-14(2)9-11-16/h4-11,17H,3,12-13H2,1-2H3,(H,23,25,28)/t17-/m0/s1. The lowest BCUT2D eigenvalue weighted by molar-refractivity contribution is -0.117. The molecule has 2 amide bonds. The summed E-state index contributed by atoms with van der Waals surface area (Å²) in [6, 6.07) is 15.4. The van der Waals surface area contributed by atoms with E-state index >= 15 is 0 Å². The maximum Gasteiger partial charge on any atom is 0.257 e. The van der Waals surface area contributed by atoms with Crippen molar-refractivity contribution in [2.75, 3.05) is 16.8 Å². The Labute approximate surface area is 173 Å². The van der Waals surface area contributed by atoms with Crippen molar-refractivity contribution in [1.29, 1.82) is 0 Å². The van der Waals surface area contributed by atoms with Gasteiger partial charge in [0.25, 0.3) is 5.91 Å². The number of nitrogens with zero attached hydrogens (tertiary/aromatic N) is 3. The summed E-state index contributed by atoms with van der Waals surface area (Å²) in [7, 11) is 0. The average molecular weight is 407 g/mol. The maximum atomic E-state index is 12.6. The van der Waals surface area contributed by atoms with E-state index in [0.29, 0.717) is 23.7 Å². The van der Waals surface area contributed by atoms with Crippen LogP contribution in [0.3, 0.4) is 0 Å². The molecule has 7 heteroatoms. The molecule has 1 aliphatic rings. The number of anilines is 2. The van der Waals surface area contributed by atoms with Gasteiger partial charge in [0.15, 0.2) is 0 Å². The first kappa shape index (κ1) is 19.3. The number of rotatable bonds is 5. The molecule has 1 atom stereocenters. The lowest BCUT2D eigenvalue weighted by Crippen LogP contribution is -2.25. The molecule has 0 unspecified atom stereocenters. The van der Waals surface area contributed by atoms with Crippen molar-refractivity contribution in [2.24, 2.45) is 0 Å². The number of nitrogens with one attached hydrogen (secondary N) is 1. The van der Waals surface area contributed by atoms with Crippen LogP contribution in [0.5, 0.6) is 0 Å². The van der Waals surface area contributed by atoms with Crippen LogP contribution in [0.15, 0.2) is 48.5 Å². The van der Waals surface area contributed by atoms with Gasteiger partial charge >= 0.3 is 0 Å². The molecule has 6 nitrogen and oxygen atoms in total. The van der Waals surface area contributed by atoms with Crippen molar-refractivity contribution < 1.29 is 9.59 Å². The van der Waals surface area contributed by atoms with E-state index in [-0.39, 0.29) is 17.7 Å². The quantitative estimate of drug-likeness (QED) is 0.690. The molecule has 1 saturated heterocycles. The van der Waals surface area contributed by atoms with Gasteiger partial charge in [0.1, 0.15) is 5.01 Å². The van der Waals surface area contributed by atoms with Gasteiger partial charge in [-0.1, -0.05) is 54.2 Å². The second-order valence-electron chi connectivity index (χ2n) is 7.15. The monoisotopic (exact) mass is 406 g/mol. The highest BCUT2D eigenvalue weighted by molar-refractivity contribution is 7.15. The summed E-state index contributed by atoms with van der Waals surface area (Å²) in [5.41, 5.74) is 3.80. The molecule has 2 heterocycles. The zero-order valence-corrected chi connectivity index (χ0v) is 17.2. The van der Waals surface area contributed by atoms with Crippen molar-refractivity contribution >= 4 is 34.0 Å². The van der Waals surface area contributed by atoms with E-state index < -0.39 is 0 Å². The van der Waals surface area contributed by atoms with Gasteiger partial charge in [-0.2, -0.15) is 0 Å². The number of hydrogen-bond acceptors (Lipinski definition) is 5. The number of para-hydroxylation sites is 1. The third-order valence-electron chi connectivity index (χ3n) is 5.11. The van der Waals surface area contributed by atoms with E-state index in [2.05, 4.69) is 28.5 Å². The van der Waals surface area contributed by atoms with Gasteiger partial charge in [0.2, 0.25) is 11.0 Å². The molecule has 148 valence electrons. The van der Waals surface area contributed by atoms with Crippen molar-refractivity contribution in [1.82, 2.24) is 10.2 Å². The Hall–Kier alpha value is -3.06. The van der Waals surface area contributed by atoms with Gasteiger partial charge in [-0.15, -0.1) is 10.2 Å². The minimum atomic E-state index is -0.214. The average Bonchev–Trinajstić information content (AvgIpc) is 3.35. The summed E-state index contributed by atoms with van der Waals surface area (Å²) in [6.07, 6.45) is 1.28. The van der Waals surface area contributed by atoms with Crippen LogP contribution in [0.2, 0.25) is 0 Å². The lowest BCUT2D eigenvalue weighted by Gasteiger charge is -2.19. The van der Waals surface area contributed by atoms with Crippen LogP contribution in [0.1, 0.15) is 45.8 Å². The minimum absolute atomic E-state index is 0.0186. The molecule has 1 aliphatic heterocycles. The summed E-state index contributed by atoms with van der Waals surface area (Å²) >= 11 is 1.33. The molecule has 1 fully saturated rings. The van der Waals surface area contributed by atoms with Gasteiger partial charge in [-0.05, 0) is 37.1 Å². The highest BCUT2D eigenvalue weighted by atomic mass is 32.1.